The van der Waals surface area contributed by atoms with Crippen LogP contribution in [0.15, 0.2) is 24.4 Å². The topological polar surface area (TPSA) is 52.5 Å². The Balaban J connectivity index is 1.35. The van der Waals surface area contributed by atoms with Gasteiger partial charge in [-0.05, 0) is 42.7 Å². The predicted molar refractivity (Wildman–Crippen MR) is 110 cm³/mol. The van der Waals surface area contributed by atoms with E-state index in [1.54, 1.807) is 7.11 Å². The van der Waals surface area contributed by atoms with E-state index in [1.165, 1.54) is 37.6 Å². The van der Waals surface area contributed by atoms with E-state index in [4.69, 9.17) is 9.47 Å². The van der Waals surface area contributed by atoms with Gasteiger partial charge < -0.3 is 14.0 Å². The molecule has 6 heteroatoms. The smallest absolute Gasteiger partial charge is 0.262 e. The maximum atomic E-state index is 12.4. The minimum Gasteiger partial charge on any atom is -0.382 e. The number of nitrogens with one attached hydrogen (secondary N) is 1. The molecule has 1 unspecified atom stereocenters. The highest BCUT2D eigenvalue weighted by molar-refractivity contribution is 7.97. The van der Waals surface area contributed by atoms with Gasteiger partial charge in [0.15, 0.2) is 0 Å². The van der Waals surface area contributed by atoms with E-state index in [-0.39, 0.29) is 12.0 Å². The van der Waals surface area contributed by atoms with Crippen LogP contribution in [0, 0.1) is 11.8 Å². The number of nitrogens with zero attached hydrogens (tertiary/aromatic N) is 1. The second-order valence-corrected chi connectivity index (χ2v) is 8.67. The van der Waals surface area contributed by atoms with Crippen molar-refractivity contribution < 1.29 is 14.3 Å². The van der Waals surface area contributed by atoms with Crippen LogP contribution in [0.4, 0.5) is 0 Å². The monoisotopic (exact) mass is 392 g/mol. The third-order valence-electron chi connectivity index (χ3n) is 5.40. The summed E-state index contributed by atoms with van der Waals surface area (Å²) < 4.78 is 16.0. The molecule has 0 saturated heterocycles. The fourth-order valence-corrected chi connectivity index (χ4v) is 4.21. The minimum absolute atomic E-state index is 0.0297. The molecule has 1 fully saturated rings. The molecule has 1 amide bonds. The van der Waals surface area contributed by atoms with Gasteiger partial charge in [0, 0.05) is 24.8 Å². The van der Waals surface area contributed by atoms with Crippen LogP contribution >= 0.6 is 11.9 Å². The first kappa shape index (κ1) is 20.5. The molecular weight excluding hydrogens is 360 g/mol. The van der Waals surface area contributed by atoms with Gasteiger partial charge >= 0.3 is 0 Å². The molecule has 3 rings (SSSR count). The van der Waals surface area contributed by atoms with Crippen LogP contribution in [0.2, 0.25) is 0 Å². The zero-order valence-electron chi connectivity index (χ0n) is 16.5. The van der Waals surface area contributed by atoms with Crippen molar-refractivity contribution in [3.05, 3.63) is 35.7 Å². The second-order valence-electron chi connectivity index (χ2n) is 7.85. The number of carbonyl (C=O) groups excluding carboxylic acids is 1. The molecule has 2 heterocycles. The molecule has 1 aliphatic heterocycles. The molecular formula is C21H32N2O3S. The maximum absolute atomic E-state index is 12.4. The maximum Gasteiger partial charge on any atom is 0.262 e. The van der Waals surface area contributed by atoms with Gasteiger partial charge in [0.2, 0.25) is 0 Å². The van der Waals surface area contributed by atoms with E-state index in [0.29, 0.717) is 24.7 Å². The van der Waals surface area contributed by atoms with E-state index in [9.17, 15) is 4.79 Å². The number of fused-ring (bicyclic) bond motifs is 1. The van der Waals surface area contributed by atoms with Gasteiger partial charge in [0.1, 0.15) is 0 Å². The Kier molecular flexibility index (Phi) is 7.85. The summed E-state index contributed by atoms with van der Waals surface area (Å²) in [5.74, 6) is 2.39. The highest BCUT2D eigenvalue weighted by Crippen LogP contribution is 2.29. The summed E-state index contributed by atoms with van der Waals surface area (Å²) in [4.78, 5) is 12.4. The van der Waals surface area contributed by atoms with E-state index in [0.717, 1.165) is 30.3 Å². The van der Waals surface area contributed by atoms with Gasteiger partial charge in [0.05, 0.1) is 31.4 Å². The highest BCUT2D eigenvalue weighted by atomic mass is 32.2. The van der Waals surface area contributed by atoms with Gasteiger partial charge in [0.25, 0.3) is 5.91 Å². The number of rotatable bonds is 10. The molecule has 0 radical (unpaired) electrons. The number of aromatic nitrogens is 1. The fourth-order valence-electron chi connectivity index (χ4n) is 3.45. The minimum atomic E-state index is -0.0297. The summed E-state index contributed by atoms with van der Waals surface area (Å²) in [6.07, 6.45) is 13.2. The van der Waals surface area contributed by atoms with Crippen LogP contribution in [-0.2, 0) is 22.6 Å². The molecule has 0 aromatic carbocycles. The highest BCUT2D eigenvalue weighted by Gasteiger charge is 2.21. The van der Waals surface area contributed by atoms with Gasteiger partial charge in [-0.1, -0.05) is 38.3 Å². The molecule has 1 aromatic heterocycles. The molecule has 0 bridgehead atoms. The summed E-state index contributed by atoms with van der Waals surface area (Å²) in [6.45, 7) is 4.06. The van der Waals surface area contributed by atoms with Crippen LogP contribution in [0.1, 0.15) is 55.1 Å². The Labute approximate surface area is 167 Å². The average Bonchev–Trinajstić information content (AvgIpc) is 3.03. The molecule has 5 nitrogen and oxygen atoms in total. The number of hydrogen-bond donors (Lipinski definition) is 1. The zero-order valence-corrected chi connectivity index (χ0v) is 17.3. The first-order valence-electron chi connectivity index (χ1n) is 10.0. The van der Waals surface area contributed by atoms with Crippen LogP contribution in [0.25, 0.3) is 0 Å². The number of ether oxygens (including phenoxy) is 2. The third kappa shape index (κ3) is 6.13. The molecule has 1 saturated carbocycles. The van der Waals surface area contributed by atoms with E-state index < -0.39 is 0 Å². The molecule has 1 aromatic rings. The van der Waals surface area contributed by atoms with Crippen molar-refractivity contribution in [1.29, 1.82) is 0 Å². The van der Waals surface area contributed by atoms with Crippen LogP contribution in [0.3, 0.4) is 0 Å². The fraction of sp³-hybridized carbons (Fsp3) is 0.667. The average molecular weight is 393 g/mol. The number of methoxy groups -OCH3 is 1. The summed E-state index contributed by atoms with van der Waals surface area (Å²) in [5.41, 5.74) is 1.75. The Morgan fingerprint density at radius 1 is 1.48 bits per heavy atom. The molecule has 27 heavy (non-hydrogen) atoms. The first-order chi connectivity index (χ1) is 13.2. The van der Waals surface area contributed by atoms with E-state index in [1.807, 2.05) is 12.3 Å². The summed E-state index contributed by atoms with van der Waals surface area (Å²) in [7, 11) is 1.68. The second kappa shape index (κ2) is 10.3. The number of carbonyl (C=O) groups is 1. The van der Waals surface area contributed by atoms with Gasteiger partial charge in [-0.25, -0.2) is 0 Å². The summed E-state index contributed by atoms with van der Waals surface area (Å²) in [6, 6.07) is 1.92. The standard InChI is InChI=1S/C21H32N2O3S/c1-16(6-3-4-7-17-8-5-9-17)15-27-22-21(24)18-10-19-13-26-20(14-25-2)12-23(19)11-18/h3-4,10-11,16-17,20H,5-9,12-15H2,1-2H3,(H,22,24)/b4-3+/t16-,20?/m0/s1. The molecule has 1 aliphatic carbocycles. The van der Waals surface area contributed by atoms with E-state index in [2.05, 4.69) is 28.4 Å². The quantitative estimate of drug-likeness (QED) is 0.479. The van der Waals surface area contributed by atoms with Crippen molar-refractivity contribution >= 4 is 17.9 Å². The normalized spacial score (nSPS) is 21.0. The zero-order chi connectivity index (χ0) is 19.1. The van der Waals surface area contributed by atoms with Crippen LogP contribution in [0.5, 0.6) is 0 Å². The Hall–Kier alpha value is -1.24. The lowest BCUT2D eigenvalue weighted by molar-refractivity contribution is -0.0382. The molecule has 0 spiro atoms. The van der Waals surface area contributed by atoms with Gasteiger partial charge in [-0.3, -0.25) is 9.52 Å². The molecule has 150 valence electrons. The number of hydrogen-bond acceptors (Lipinski definition) is 4. The van der Waals surface area contributed by atoms with Crippen LogP contribution in [-0.4, -0.2) is 36.0 Å². The van der Waals surface area contributed by atoms with Crippen molar-refractivity contribution in [3.8, 4) is 0 Å². The van der Waals surface area contributed by atoms with Crippen molar-refractivity contribution in [2.75, 3.05) is 19.5 Å². The lowest BCUT2D eigenvalue weighted by Gasteiger charge is -2.24. The van der Waals surface area contributed by atoms with Crippen molar-refractivity contribution in [2.24, 2.45) is 11.8 Å². The van der Waals surface area contributed by atoms with Crippen LogP contribution < -0.4 is 4.72 Å². The Morgan fingerprint density at radius 3 is 3.07 bits per heavy atom. The molecule has 1 N–H and O–H groups in total. The number of allylic oxidation sites excluding steroid dienone is 2. The van der Waals surface area contributed by atoms with Crippen molar-refractivity contribution in [3.63, 3.8) is 0 Å². The molecule has 2 aliphatic rings. The Morgan fingerprint density at radius 2 is 2.33 bits per heavy atom. The SMILES string of the molecule is COCC1Cn2cc(C(=O)NSC[C@@H](C)C/C=C/CC3CCC3)cc2CO1. The van der Waals surface area contributed by atoms with Crippen molar-refractivity contribution in [1.82, 2.24) is 9.29 Å². The first-order valence-corrected chi connectivity index (χ1v) is 11.0. The lowest BCUT2D eigenvalue weighted by Crippen LogP contribution is -2.30. The van der Waals surface area contributed by atoms with E-state index >= 15 is 0 Å². The van der Waals surface area contributed by atoms with Gasteiger partial charge in [-0.2, -0.15) is 0 Å². The Bertz CT molecular complexity index is 639. The largest absolute Gasteiger partial charge is 0.382 e. The van der Waals surface area contributed by atoms with Gasteiger partial charge in [-0.15, -0.1) is 0 Å². The summed E-state index contributed by atoms with van der Waals surface area (Å²) >= 11 is 1.50. The summed E-state index contributed by atoms with van der Waals surface area (Å²) in [5, 5.41) is 0. The predicted octanol–water partition coefficient (Wildman–Crippen LogP) is 4.18. The number of amides is 1. The third-order valence-corrected chi connectivity index (χ3v) is 6.47. The lowest BCUT2D eigenvalue weighted by atomic mass is 9.83. The van der Waals surface area contributed by atoms with Crippen molar-refractivity contribution in [2.45, 2.75) is 58.3 Å². The molecule has 2 atom stereocenters.